The number of carboxylic acids is 1. The quantitative estimate of drug-likeness (QED) is 0.102. The summed E-state index contributed by atoms with van der Waals surface area (Å²) in [7, 11) is 1.74. The lowest BCUT2D eigenvalue weighted by atomic mass is 10.0. The Morgan fingerprint density at radius 2 is 1.89 bits per heavy atom. The number of carbonyl (C=O) groups is 1. The number of nitrogens with one attached hydrogen (secondary N) is 2. The summed E-state index contributed by atoms with van der Waals surface area (Å²) < 4.78 is 23.5. The van der Waals surface area contributed by atoms with E-state index in [1.807, 2.05) is 54.7 Å². The van der Waals surface area contributed by atoms with Crippen molar-refractivity contribution in [2.24, 2.45) is 7.05 Å². The largest absolute Gasteiger partial charge is 0.491 e. The summed E-state index contributed by atoms with van der Waals surface area (Å²) in [5.74, 6) is 2.42. The number of benzene rings is 2. The monoisotopic (exact) mass is 656 g/mol. The number of rotatable bonds is 13. The van der Waals surface area contributed by atoms with Crippen LogP contribution in [0.1, 0.15) is 30.3 Å². The van der Waals surface area contributed by atoms with Gasteiger partial charge in [0.25, 0.3) is 5.56 Å². The summed E-state index contributed by atoms with van der Waals surface area (Å²) in [5.41, 5.74) is 3.04. The van der Waals surface area contributed by atoms with Gasteiger partial charge < -0.3 is 38.5 Å². The average Bonchev–Trinajstić information content (AvgIpc) is 3.59. The molecule has 0 amide bonds. The third-order valence-corrected chi connectivity index (χ3v) is 8.53. The number of aryl methyl sites for hydroxylation is 1. The highest BCUT2D eigenvalue weighted by Crippen LogP contribution is 2.39. The van der Waals surface area contributed by atoms with Crippen LogP contribution in [0.2, 0.25) is 0 Å². The van der Waals surface area contributed by atoms with Crippen molar-refractivity contribution in [1.29, 1.82) is 0 Å². The van der Waals surface area contributed by atoms with E-state index in [-0.39, 0.29) is 17.4 Å². The molecule has 12 nitrogen and oxygen atoms in total. The number of nitrogens with zero attached hydrogens (tertiary/aromatic N) is 4. The Hall–Kier alpha value is -5.01. The molecule has 4 heterocycles. The number of aromatic amines is 1. The molecule has 0 aliphatic carbocycles. The van der Waals surface area contributed by atoms with Gasteiger partial charge in [0.1, 0.15) is 35.2 Å². The number of carboxylic acid groups (broad SMARTS) is 1. The summed E-state index contributed by atoms with van der Waals surface area (Å²) >= 11 is 1.60. The summed E-state index contributed by atoms with van der Waals surface area (Å²) in [4.78, 5) is 37.1. The molecule has 5 aromatic rings. The van der Waals surface area contributed by atoms with Crippen LogP contribution in [-0.2, 0) is 11.8 Å². The Balaban J connectivity index is 1.07. The molecule has 3 aromatic heterocycles. The van der Waals surface area contributed by atoms with E-state index in [1.54, 1.807) is 29.8 Å². The number of hydrogen-bond donors (Lipinski definition) is 3. The van der Waals surface area contributed by atoms with E-state index < -0.39 is 5.97 Å². The van der Waals surface area contributed by atoms with Gasteiger partial charge in [-0.25, -0.2) is 14.8 Å². The molecule has 3 N–H and O–H groups in total. The number of hydrogen-bond acceptors (Lipinski definition) is 10. The zero-order valence-corrected chi connectivity index (χ0v) is 27.0. The van der Waals surface area contributed by atoms with E-state index in [1.165, 1.54) is 12.4 Å². The summed E-state index contributed by atoms with van der Waals surface area (Å²) in [6.45, 7) is 4.40. The van der Waals surface area contributed by atoms with E-state index >= 15 is 0 Å². The second-order valence-corrected chi connectivity index (χ2v) is 12.1. The van der Waals surface area contributed by atoms with E-state index in [0.29, 0.717) is 41.8 Å². The van der Waals surface area contributed by atoms with Crippen molar-refractivity contribution in [3.8, 4) is 28.4 Å². The van der Waals surface area contributed by atoms with E-state index in [4.69, 9.17) is 19.3 Å². The van der Waals surface area contributed by atoms with Crippen molar-refractivity contribution < 1.29 is 24.1 Å². The number of pyridine rings is 1. The molecule has 6 rings (SSSR count). The molecule has 1 saturated heterocycles. The second-order valence-electron chi connectivity index (χ2n) is 11.0. The zero-order valence-electron chi connectivity index (χ0n) is 26.1. The van der Waals surface area contributed by atoms with E-state index in [9.17, 15) is 9.59 Å². The summed E-state index contributed by atoms with van der Waals surface area (Å²) in [6.07, 6.45) is 8.15. The number of aromatic nitrogens is 4. The minimum Gasteiger partial charge on any atom is -0.491 e. The first kappa shape index (κ1) is 32.0. The highest BCUT2D eigenvalue weighted by molar-refractivity contribution is 8.00. The van der Waals surface area contributed by atoms with Gasteiger partial charge in [-0.05, 0) is 49.2 Å². The lowest BCUT2D eigenvalue weighted by molar-refractivity contribution is 0.0202. The van der Waals surface area contributed by atoms with Gasteiger partial charge in [-0.2, -0.15) is 0 Å². The molecule has 0 unspecified atom stereocenters. The predicted molar refractivity (Wildman–Crippen MR) is 183 cm³/mol. The molecular formula is C34H36N6O6S. The Bertz CT molecular complexity index is 1900. The van der Waals surface area contributed by atoms with Crippen LogP contribution in [0.3, 0.4) is 0 Å². The van der Waals surface area contributed by atoms with Gasteiger partial charge in [-0.1, -0.05) is 24.9 Å². The van der Waals surface area contributed by atoms with Crippen LogP contribution in [0.15, 0.2) is 78.1 Å². The smallest absolute Gasteiger partial charge is 0.356 e. The number of piperidine rings is 1. The van der Waals surface area contributed by atoms with Gasteiger partial charge in [0, 0.05) is 66.6 Å². The third kappa shape index (κ3) is 7.53. The van der Waals surface area contributed by atoms with Crippen LogP contribution in [0, 0.1) is 0 Å². The fourth-order valence-corrected chi connectivity index (χ4v) is 5.95. The van der Waals surface area contributed by atoms with E-state index in [2.05, 4.69) is 31.5 Å². The summed E-state index contributed by atoms with van der Waals surface area (Å²) in [6, 6.07) is 15.4. The van der Waals surface area contributed by atoms with Gasteiger partial charge >= 0.3 is 5.97 Å². The molecule has 1 fully saturated rings. The van der Waals surface area contributed by atoms with Crippen LogP contribution in [0.5, 0.6) is 17.2 Å². The lowest BCUT2D eigenvalue weighted by Crippen LogP contribution is -2.38. The number of fused-ring (bicyclic) bond motifs is 1. The zero-order chi connectivity index (χ0) is 32.8. The number of ether oxygens (including phenoxy) is 3. The first-order chi connectivity index (χ1) is 22.9. The van der Waals surface area contributed by atoms with E-state index in [0.717, 1.165) is 53.9 Å². The van der Waals surface area contributed by atoms with Gasteiger partial charge in [-0.15, -0.1) is 0 Å². The minimum absolute atomic E-state index is 0.0679. The molecule has 2 aromatic carbocycles. The summed E-state index contributed by atoms with van der Waals surface area (Å²) in [5, 5.41) is 9.85. The normalized spacial score (nSPS) is 13.5. The highest BCUT2D eigenvalue weighted by atomic mass is 32.2. The highest BCUT2D eigenvalue weighted by Gasteiger charge is 2.21. The first-order valence-electron chi connectivity index (χ1n) is 15.4. The minimum atomic E-state index is -1.09. The molecule has 0 spiro atoms. The Kier molecular flexibility index (Phi) is 9.93. The number of anilines is 2. The van der Waals surface area contributed by atoms with Crippen molar-refractivity contribution in [2.75, 3.05) is 41.7 Å². The van der Waals surface area contributed by atoms with Crippen LogP contribution < -0.4 is 24.7 Å². The Morgan fingerprint density at radius 1 is 1.06 bits per heavy atom. The lowest BCUT2D eigenvalue weighted by Gasteiger charge is -2.32. The van der Waals surface area contributed by atoms with Crippen LogP contribution in [0.4, 0.5) is 11.5 Å². The second kappa shape index (κ2) is 14.6. The molecule has 47 heavy (non-hydrogen) atoms. The van der Waals surface area contributed by atoms with Crippen molar-refractivity contribution in [1.82, 2.24) is 19.5 Å². The predicted octanol–water partition coefficient (Wildman–Crippen LogP) is 5.96. The Labute approximate surface area is 275 Å². The van der Waals surface area contributed by atoms with Gasteiger partial charge in [-0.3, -0.25) is 4.79 Å². The van der Waals surface area contributed by atoms with Crippen LogP contribution >= 0.6 is 11.9 Å². The topological polar surface area (TPSA) is 144 Å². The van der Waals surface area contributed by atoms with Crippen molar-refractivity contribution in [2.45, 2.75) is 25.9 Å². The standard InChI is InChI=1S/C34H36N6O6S/c1-3-47-38-22-7-8-30(27(17-22)28-21-39(2)33(41)32-26(28)9-12-35-32)46-25-6-4-5-24(18-25)45-16-15-44-23-10-13-40(14-11-23)31-20-36-29(19-37-31)34(42)43/h4-9,12,17-21,23,35,38H,3,10-11,13-16H2,1-2H3,(H,42,43). The maximum absolute atomic E-state index is 12.7. The fraction of sp³-hybridized carbons (Fsp3) is 0.294. The molecule has 0 atom stereocenters. The average molecular weight is 657 g/mol. The molecule has 0 bridgehead atoms. The number of aromatic carboxylic acids is 1. The fourth-order valence-electron chi connectivity index (χ4n) is 5.51. The molecule has 1 aliphatic rings. The number of H-pyrrole nitrogens is 1. The van der Waals surface area contributed by atoms with Gasteiger partial charge in [0.05, 0.1) is 25.1 Å². The molecule has 244 valence electrons. The maximum Gasteiger partial charge on any atom is 0.356 e. The van der Waals surface area contributed by atoms with Crippen molar-refractivity contribution in [3.63, 3.8) is 0 Å². The first-order valence-corrected chi connectivity index (χ1v) is 16.4. The molecular weight excluding hydrogens is 620 g/mol. The van der Waals surface area contributed by atoms with Gasteiger partial charge in [0.15, 0.2) is 5.69 Å². The molecule has 0 radical (unpaired) electrons. The molecule has 1 aliphatic heterocycles. The van der Waals surface area contributed by atoms with Crippen molar-refractivity contribution >= 4 is 40.3 Å². The SMILES string of the molecule is CCSNc1ccc(Oc2cccc(OCCOC3CCN(c4cnc(C(=O)O)cn4)CC3)c2)c(-c2cn(C)c(=O)c3[nH]ccc23)c1. The molecule has 0 saturated carbocycles. The van der Waals surface area contributed by atoms with Crippen molar-refractivity contribution in [3.05, 3.63) is 89.4 Å². The third-order valence-electron chi connectivity index (χ3n) is 7.86. The van der Waals surface area contributed by atoms with Crippen LogP contribution in [-0.4, -0.2) is 68.8 Å². The maximum atomic E-state index is 12.7. The van der Waals surface area contributed by atoms with Gasteiger partial charge in [0.2, 0.25) is 0 Å². The molecule has 13 heteroatoms. The Morgan fingerprint density at radius 3 is 2.66 bits per heavy atom. The van der Waals surface area contributed by atoms with Crippen LogP contribution in [0.25, 0.3) is 22.0 Å².